The molecule has 0 saturated heterocycles. The number of hydrogen-bond acceptors (Lipinski definition) is 3. The smallest absolute Gasteiger partial charge is 0.276 e. The molecule has 4 aromatic rings. The van der Waals surface area contributed by atoms with Crippen LogP contribution >= 0.6 is 11.6 Å². The third-order valence-electron chi connectivity index (χ3n) is 4.56. The van der Waals surface area contributed by atoms with Gasteiger partial charge in [0, 0.05) is 35.5 Å². The molecule has 0 atom stereocenters. The Morgan fingerprint density at radius 3 is 2.68 bits per heavy atom. The van der Waals surface area contributed by atoms with Gasteiger partial charge in [0.05, 0.1) is 19.1 Å². The maximum Gasteiger partial charge on any atom is 0.276 e. The van der Waals surface area contributed by atoms with Crippen LogP contribution in [-0.2, 0) is 13.6 Å². The van der Waals surface area contributed by atoms with E-state index in [0.29, 0.717) is 27.2 Å². The lowest BCUT2D eigenvalue weighted by atomic mass is 10.1. The Morgan fingerprint density at radius 1 is 1.11 bits per heavy atom. The van der Waals surface area contributed by atoms with Crippen molar-refractivity contribution in [1.29, 1.82) is 0 Å². The number of benzene rings is 2. The molecular weight excluding hydrogens is 379 g/mol. The van der Waals surface area contributed by atoms with Crippen LogP contribution in [0.4, 0.5) is 10.1 Å². The van der Waals surface area contributed by atoms with Crippen LogP contribution in [0.2, 0.25) is 5.02 Å². The van der Waals surface area contributed by atoms with E-state index in [4.69, 9.17) is 11.6 Å². The normalized spacial score (nSPS) is 11.0. The highest BCUT2D eigenvalue weighted by Crippen LogP contribution is 2.27. The summed E-state index contributed by atoms with van der Waals surface area (Å²) in [4.78, 5) is 23.0. The average molecular weight is 395 g/mol. The molecule has 0 saturated carbocycles. The fourth-order valence-corrected chi connectivity index (χ4v) is 3.33. The first kappa shape index (κ1) is 18.1. The summed E-state index contributed by atoms with van der Waals surface area (Å²) in [6.07, 6.45) is 6.22. The number of halogens is 2. The van der Waals surface area contributed by atoms with Gasteiger partial charge in [-0.3, -0.25) is 9.78 Å². The zero-order valence-corrected chi connectivity index (χ0v) is 15.8. The second-order valence-corrected chi connectivity index (χ2v) is 6.83. The first-order valence-electron chi connectivity index (χ1n) is 8.59. The van der Waals surface area contributed by atoms with Crippen LogP contribution in [0.25, 0.3) is 10.8 Å². The Bertz CT molecular complexity index is 1170. The van der Waals surface area contributed by atoms with Gasteiger partial charge in [-0.05, 0) is 35.2 Å². The van der Waals surface area contributed by atoms with Gasteiger partial charge in [-0.2, -0.15) is 0 Å². The molecule has 140 valence electrons. The number of aryl methyl sites for hydroxylation is 1. The Morgan fingerprint density at radius 2 is 1.93 bits per heavy atom. The number of carbonyl (C=O) groups excluding carboxylic acids is 1. The van der Waals surface area contributed by atoms with Gasteiger partial charge in [-0.25, -0.2) is 9.37 Å². The summed E-state index contributed by atoms with van der Waals surface area (Å²) in [5, 5.41) is 1.64. The van der Waals surface area contributed by atoms with Crippen molar-refractivity contribution >= 4 is 34.0 Å². The zero-order valence-electron chi connectivity index (χ0n) is 15.0. The van der Waals surface area contributed by atoms with Gasteiger partial charge in [0.15, 0.2) is 0 Å². The summed E-state index contributed by atoms with van der Waals surface area (Å²) >= 11 is 6.15. The molecule has 28 heavy (non-hydrogen) atoms. The summed E-state index contributed by atoms with van der Waals surface area (Å²) < 4.78 is 15.8. The number of rotatable bonds is 4. The Hall–Kier alpha value is -3.25. The van der Waals surface area contributed by atoms with E-state index in [1.807, 2.05) is 6.07 Å². The van der Waals surface area contributed by atoms with Crippen LogP contribution in [0.3, 0.4) is 0 Å². The van der Waals surface area contributed by atoms with Gasteiger partial charge in [-0.1, -0.05) is 29.8 Å². The maximum absolute atomic E-state index is 14.2. The molecule has 0 unspecified atom stereocenters. The minimum atomic E-state index is -0.348. The predicted octanol–water partition coefficient (Wildman–Crippen LogP) is 4.61. The number of fused-ring (bicyclic) bond motifs is 1. The van der Waals surface area contributed by atoms with Gasteiger partial charge < -0.3 is 9.47 Å². The van der Waals surface area contributed by atoms with Crippen molar-refractivity contribution in [1.82, 2.24) is 14.5 Å². The standard InChI is InChI=1S/C21H16ClFN4O/c1-26-13-25-11-20(26)21(28)27(16-5-2-4-15(22)8-16)12-14-9-24-10-18-17(14)6-3-7-19(18)23/h2-11,13H,12H2,1H3. The summed E-state index contributed by atoms with van der Waals surface area (Å²) in [5.41, 5.74) is 1.79. The molecule has 1 amide bonds. The third kappa shape index (κ3) is 3.34. The lowest BCUT2D eigenvalue weighted by molar-refractivity contribution is 0.0977. The Labute approximate surface area is 166 Å². The van der Waals surface area contributed by atoms with Crippen LogP contribution in [0.1, 0.15) is 16.1 Å². The molecule has 2 heterocycles. The highest BCUT2D eigenvalue weighted by molar-refractivity contribution is 6.31. The van der Waals surface area contributed by atoms with Gasteiger partial charge in [-0.15, -0.1) is 0 Å². The van der Waals surface area contributed by atoms with Gasteiger partial charge in [0.1, 0.15) is 11.5 Å². The van der Waals surface area contributed by atoms with Crippen molar-refractivity contribution in [2.45, 2.75) is 6.54 Å². The van der Waals surface area contributed by atoms with Gasteiger partial charge in [0.25, 0.3) is 5.91 Å². The van der Waals surface area contributed by atoms with Gasteiger partial charge >= 0.3 is 0 Å². The molecule has 2 aromatic heterocycles. The van der Waals surface area contributed by atoms with Crippen molar-refractivity contribution in [3.05, 3.63) is 89.5 Å². The number of carbonyl (C=O) groups is 1. The number of pyridine rings is 1. The monoisotopic (exact) mass is 394 g/mol. The molecule has 0 spiro atoms. The van der Waals surface area contributed by atoms with E-state index in [2.05, 4.69) is 9.97 Å². The van der Waals surface area contributed by atoms with Crippen LogP contribution < -0.4 is 4.90 Å². The number of hydrogen-bond donors (Lipinski definition) is 0. The maximum atomic E-state index is 14.2. The van der Waals surface area contributed by atoms with Crippen molar-refractivity contribution in [3.63, 3.8) is 0 Å². The van der Waals surface area contributed by atoms with Gasteiger partial charge in [0.2, 0.25) is 0 Å². The highest BCUT2D eigenvalue weighted by atomic mass is 35.5. The number of imidazole rings is 1. The van der Waals surface area contributed by atoms with Crippen LogP contribution in [0, 0.1) is 5.82 Å². The van der Waals surface area contributed by atoms with E-state index >= 15 is 0 Å². The summed E-state index contributed by atoms with van der Waals surface area (Å²) in [6.45, 7) is 0.206. The summed E-state index contributed by atoms with van der Waals surface area (Å²) in [6, 6.07) is 11.9. The van der Waals surface area contributed by atoms with E-state index in [1.54, 1.807) is 59.4 Å². The lowest BCUT2D eigenvalue weighted by Gasteiger charge is -2.24. The van der Waals surface area contributed by atoms with Crippen LogP contribution in [-0.4, -0.2) is 20.4 Å². The van der Waals surface area contributed by atoms with E-state index < -0.39 is 0 Å². The van der Waals surface area contributed by atoms with Crippen LogP contribution in [0.15, 0.2) is 67.4 Å². The Kier molecular flexibility index (Phi) is 4.79. The number of amides is 1. The molecule has 0 fully saturated rings. The number of aromatic nitrogens is 3. The average Bonchev–Trinajstić information content (AvgIpc) is 3.12. The molecule has 2 aromatic carbocycles. The molecular formula is C21H16ClFN4O. The molecule has 4 rings (SSSR count). The second-order valence-electron chi connectivity index (χ2n) is 6.39. The number of anilines is 1. The van der Waals surface area contributed by atoms with Crippen molar-refractivity contribution in [2.75, 3.05) is 4.90 Å². The van der Waals surface area contributed by atoms with Crippen molar-refractivity contribution in [3.8, 4) is 0 Å². The lowest BCUT2D eigenvalue weighted by Crippen LogP contribution is -2.32. The van der Waals surface area contributed by atoms with Crippen molar-refractivity contribution in [2.24, 2.45) is 7.05 Å². The molecule has 0 N–H and O–H groups in total. The molecule has 0 aliphatic heterocycles. The summed E-state index contributed by atoms with van der Waals surface area (Å²) in [5.74, 6) is -0.588. The highest BCUT2D eigenvalue weighted by Gasteiger charge is 2.22. The second kappa shape index (κ2) is 7.40. The first-order chi connectivity index (χ1) is 13.5. The zero-order chi connectivity index (χ0) is 19.7. The molecule has 0 aliphatic carbocycles. The largest absolute Gasteiger partial charge is 0.330 e. The van der Waals surface area contributed by atoms with Crippen molar-refractivity contribution < 1.29 is 9.18 Å². The van der Waals surface area contributed by atoms with E-state index in [0.717, 1.165) is 5.56 Å². The molecule has 0 aliphatic rings. The van der Waals surface area contributed by atoms with Crippen LogP contribution in [0.5, 0.6) is 0 Å². The predicted molar refractivity (Wildman–Crippen MR) is 107 cm³/mol. The third-order valence-corrected chi connectivity index (χ3v) is 4.80. The fourth-order valence-electron chi connectivity index (χ4n) is 3.14. The molecule has 0 bridgehead atoms. The first-order valence-corrected chi connectivity index (χ1v) is 8.97. The molecule has 5 nitrogen and oxygen atoms in total. The fraction of sp³-hybridized carbons (Fsp3) is 0.0952. The minimum absolute atomic E-state index is 0.206. The SMILES string of the molecule is Cn1cncc1C(=O)N(Cc1cncc2c(F)cccc12)c1cccc(Cl)c1. The van der Waals surface area contributed by atoms with E-state index in [1.165, 1.54) is 18.5 Å². The summed E-state index contributed by atoms with van der Waals surface area (Å²) in [7, 11) is 1.76. The number of nitrogens with zero attached hydrogens (tertiary/aromatic N) is 4. The van der Waals surface area contributed by atoms with E-state index in [9.17, 15) is 9.18 Å². The quantitative estimate of drug-likeness (QED) is 0.508. The Balaban J connectivity index is 1.82. The molecule has 0 radical (unpaired) electrons. The van der Waals surface area contributed by atoms with E-state index in [-0.39, 0.29) is 18.3 Å². The molecule has 7 heteroatoms. The topological polar surface area (TPSA) is 51.0 Å². The minimum Gasteiger partial charge on any atom is -0.330 e.